The third-order valence-electron chi connectivity index (χ3n) is 4.10. The Morgan fingerprint density at radius 2 is 2.05 bits per heavy atom. The molecule has 2 aliphatic rings. The van der Waals surface area contributed by atoms with Gasteiger partial charge in [-0.15, -0.1) is 0 Å². The van der Waals surface area contributed by atoms with Crippen LogP contribution in [0.3, 0.4) is 0 Å². The molecular weight excluding hydrogens is 284 g/mol. The van der Waals surface area contributed by atoms with Crippen LogP contribution >= 0.6 is 0 Å². The number of hydrogen-bond donors (Lipinski definition) is 0. The average Bonchev–Trinajstić information content (AvgIpc) is 2.62. The smallest absolute Gasteiger partial charge is 0.254 e. The largest absolute Gasteiger partial charge is 0.497 e. The zero-order chi connectivity index (χ0) is 15.4. The maximum Gasteiger partial charge on any atom is 0.254 e. The molecule has 2 fully saturated rings. The van der Waals surface area contributed by atoms with E-state index in [1.807, 2.05) is 23.1 Å². The molecule has 1 unspecified atom stereocenters. The normalized spacial score (nSPS) is 22.5. The number of hydrogen-bond acceptors (Lipinski definition) is 5. The first-order chi connectivity index (χ1) is 10.8. The Hall–Kier alpha value is -1.79. The maximum atomic E-state index is 12.4. The molecule has 3 rings (SSSR count). The number of anilines is 1. The number of carbonyl (C=O) groups excluding carboxylic acids is 1. The molecule has 1 atom stereocenters. The molecule has 0 radical (unpaired) electrons. The first-order valence-corrected chi connectivity index (χ1v) is 7.65. The average molecular weight is 306 g/mol. The lowest BCUT2D eigenvalue weighted by Crippen LogP contribution is -2.53. The number of piperazine rings is 1. The molecule has 0 bridgehead atoms. The number of carbonyl (C=O) groups is 1. The second kappa shape index (κ2) is 6.98. The van der Waals surface area contributed by atoms with Crippen LogP contribution in [0.4, 0.5) is 5.69 Å². The highest BCUT2D eigenvalue weighted by molar-refractivity contribution is 5.81. The Morgan fingerprint density at radius 3 is 2.73 bits per heavy atom. The van der Waals surface area contributed by atoms with E-state index in [1.54, 1.807) is 7.11 Å². The highest BCUT2D eigenvalue weighted by Gasteiger charge is 2.29. The standard InChI is InChI=1S/C16H22N2O4/c1-20-14-4-2-3-13(11-14)17-5-7-18(8-6-17)16(19)15-12-21-9-10-22-15/h2-4,11,15H,5-10,12H2,1H3. The second-order valence-electron chi connectivity index (χ2n) is 5.45. The highest BCUT2D eigenvalue weighted by atomic mass is 16.6. The van der Waals surface area contributed by atoms with Gasteiger partial charge in [-0.25, -0.2) is 0 Å². The van der Waals surface area contributed by atoms with Crippen molar-refractivity contribution < 1.29 is 19.0 Å². The van der Waals surface area contributed by atoms with Crippen LogP contribution in [-0.2, 0) is 14.3 Å². The van der Waals surface area contributed by atoms with Gasteiger partial charge >= 0.3 is 0 Å². The molecule has 0 N–H and O–H groups in total. The van der Waals surface area contributed by atoms with Gasteiger partial charge in [-0.3, -0.25) is 4.79 Å². The van der Waals surface area contributed by atoms with Gasteiger partial charge in [0.25, 0.3) is 5.91 Å². The third kappa shape index (κ3) is 3.34. The zero-order valence-corrected chi connectivity index (χ0v) is 12.9. The number of nitrogens with zero attached hydrogens (tertiary/aromatic N) is 2. The minimum atomic E-state index is -0.433. The molecule has 2 saturated heterocycles. The molecule has 2 heterocycles. The van der Waals surface area contributed by atoms with Gasteiger partial charge < -0.3 is 24.0 Å². The van der Waals surface area contributed by atoms with Crippen molar-refractivity contribution in [3.63, 3.8) is 0 Å². The molecule has 0 saturated carbocycles. The van der Waals surface area contributed by atoms with Crippen molar-refractivity contribution in [2.24, 2.45) is 0 Å². The van der Waals surface area contributed by atoms with Crippen molar-refractivity contribution in [3.8, 4) is 5.75 Å². The fourth-order valence-corrected chi connectivity index (χ4v) is 2.83. The lowest BCUT2D eigenvalue weighted by molar-refractivity contribution is -0.158. The summed E-state index contributed by atoms with van der Waals surface area (Å²) in [6.07, 6.45) is -0.433. The van der Waals surface area contributed by atoms with Gasteiger partial charge in [-0.05, 0) is 12.1 Å². The van der Waals surface area contributed by atoms with Gasteiger partial charge in [0.15, 0.2) is 6.10 Å². The Kier molecular flexibility index (Phi) is 4.80. The highest BCUT2D eigenvalue weighted by Crippen LogP contribution is 2.22. The molecule has 1 aromatic rings. The fraction of sp³-hybridized carbons (Fsp3) is 0.562. The van der Waals surface area contributed by atoms with Crippen LogP contribution in [0.5, 0.6) is 5.75 Å². The predicted octanol–water partition coefficient (Wildman–Crippen LogP) is 0.759. The topological polar surface area (TPSA) is 51.2 Å². The van der Waals surface area contributed by atoms with Gasteiger partial charge in [-0.2, -0.15) is 0 Å². The molecular formula is C16H22N2O4. The molecule has 0 spiro atoms. The quantitative estimate of drug-likeness (QED) is 0.825. The van der Waals surface area contributed by atoms with Crippen molar-refractivity contribution >= 4 is 11.6 Å². The monoisotopic (exact) mass is 306 g/mol. The number of methoxy groups -OCH3 is 1. The molecule has 120 valence electrons. The van der Waals surface area contributed by atoms with Crippen LogP contribution in [0.1, 0.15) is 0 Å². The van der Waals surface area contributed by atoms with Crippen LogP contribution in [0, 0.1) is 0 Å². The number of rotatable bonds is 3. The van der Waals surface area contributed by atoms with E-state index in [9.17, 15) is 4.79 Å². The van der Waals surface area contributed by atoms with Crippen molar-refractivity contribution in [2.75, 3.05) is 58.0 Å². The van der Waals surface area contributed by atoms with Gasteiger partial charge in [0.05, 0.1) is 26.9 Å². The Labute approximate surface area is 130 Å². The maximum absolute atomic E-state index is 12.4. The molecule has 0 aliphatic carbocycles. The van der Waals surface area contributed by atoms with E-state index in [2.05, 4.69) is 11.0 Å². The van der Waals surface area contributed by atoms with E-state index in [0.29, 0.717) is 32.9 Å². The summed E-state index contributed by atoms with van der Waals surface area (Å²) >= 11 is 0. The van der Waals surface area contributed by atoms with Crippen LogP contribution in [0.2, 0.25) is 0 Å². The summed E-state index contributed by atoms with van der Waals surface area (Å²) in [6, 6.07) is 8.01. The molecule has 1 aromatic carbocycles. The third-order valence-corrected chi connectivity index (χ3v) is 4.10. The van der Waals surface area contributed by atoms with Gasteiger partial charge in [0, 0.05) is 37.9 Å². The van der Waals surface area contributed by atoms with Crippen molar-refractivity contribution in [3.05, 3.63) is 24.3 Å². The number of ether oxygens (including phenoxy) is 3. The zero-order valence-electron chi connectivity index (χ0n) is 12.9. The van der Waals surface area contributed by atoms with Crippen LogP contribution in [0.25, 0.3) is 0 Å². The lowest BCUT2D eigenvalue weighted by Gasteiger charge is -2.38. The van der Waals surface area contributed by atoms with E-state index >= 15 is 0 Å². The predicted molar refractivity (Wildman–Crippen MR) is 82.3 cm³/mol. The van der Waals surface area contributed by atoms with Crippen molar-refractivity contribution in [2.45, 2.75) is 6.10 Å². The SMILES string of the molecule is COc1cccc(N2CCN(C(=O)C3COCCO3)CC2)c1. The molecule has 6 heteroatoms. The number of amides is 1. The minimum absolute atomic E-state index is 0.0463. The Morgan fingerprint density at radius 1 is 1.23 bits per heavy atom. The van der Waals surface area contributed by atoms with Crippen LogP contribution in [0.15, 0.2) is 24.3 Å². The summed E-state index contributed by atoms with van der Waals surface area (Å²) in [5, 5.41) is 0. The molecule has 2 aliphatic heterocycles. The van der Waals surface area contributed by atoms with E-state index in [0.717, 1.165) is 24.5 Å². The van der Waals surface area contributed by atoms with Gasteiger partial charge in [0.1, 0.15) is 5.75 Å². The van der Waals surface area contributed by atoms with Crippen LogP contribution in [-0.4, -0.2) is 70.0 Å². The number of benzene rings is 1. The van der Waals surface area contributed by atoms with E-state index in [4.69, 9.17) is 14.2 Å². The van der Waals surface area contributed by atoms with Crippen molar-refractivity contribution in [1.82, 2.24) is 4.90 Å². The van der Waals surface area contributed by atoms with E-state index in [1.165, 1.54) is 0 Å². The Bertz CT molecular complexity index is 509. The summed E-state index contributed by atoms with van der Waals surface area (Å²) in [5.41, 5.74) is 1.13. The van der Waals surface area contributed by atoms with E-state index < -0.39 is 6.10 Å². The van der Waals surface area contributed by atoms with Crippen LogP contribution < -0.4 is 9.64 Å². The van der Waals surface area contributed by atoms with Gasteiger partial charge in [0.2, 0.25) is 0 Å². The summed E-state index contributed by atoms with van der Waals surface area (Å²) < 4.78 is 16.1. The molecule has 1 amide bonds. The molecule has 6 nitrogen and oxygen atoms in total. The summed E-state index contributed by atoms with van der Waals surface area (Å²) in [5.74, 6) is 0.897. The molecule has 22 heavy (non-hydrogen) atoms. The Balaban J connectivity index is 1.56. The van der Waals surface area contributed by atoms with Crippen molar-refractivity contribution in [1.29, 1.82) is 0 Å². The summed E-state index contributed by atoms with van der Waals surface area (Å²) in [7, 11) is 1.67. The summed E-state index contributed by atoms with van der Waals surface area (Å²) in [4.78, 5) is 16.5. The first kappa shape index (κ1) is 15.1. The second-order valence-corrected chi connectivity index (χ2v) is 5.45. The van der Waals surface area contributed by atoms with E-state index in [-0.39, 0.29) is 5.91 Å². The molecule has 0 aromatic heterocycles. The van der Waals surface area contributed by atoms with Gasteiger partial charge in [-0.1, -0.05) is 6.07 Å². The minimum Gasteiger partial charge on any atom is -0.497 e. The lowest BCUT2D eigenvalue weighted by atomic mass is 10.2. The first-order valence-electron chi connectivity index (χ1n) is 7.65. The summed E-state index contributed by atoms with van der Waals surface area (Å²) in [6.45, 7) is 4.48. The fourth-order valence-electron chi connectivity index (χ4n) is 2.83.